The Hall–Kier alpha value is -1.06. The first-order valence-corrected chi connectivity index (χ1v) is 4.91. The SMILES string of the molecule is CNC(C)c1cccc2n[nH]c(Cl)c12. The molecule has 1 heterocycles. The van der Waals surface area contributed by atoms with Gasteiger partial charge >= 0.3 is 0 Å². The van der Waals surface area contributed by atoms with Crippen LogP contribution >= 0.6 is 11.6 Å². The van der Waals surface area contributed by atoms with Crippen LogP contribution in [0.5, 0.6) is 0 Å². The maximum absolute atomic E-state index is 6.03. The largest absolute Gasteiger partial charge is 0.313 e. The minimum atomic E-state index is 0.272. The zero-order valence-corrected chi connectivity index (χ0v) is 8.89. The van der Waals surface area contributed by atoms with Crippen molar-refractivity contribution in [1.82, 2.24) is 15.5 Å². The van der Waals surface area contributed by atoms with Crippen molar-refractivity contribution in [2.75, 3.05) is 7.05 Å². The Morgan fingerprint density at radius 2 is 2.29 bits per heavy atom. The van der Waals surface area contributed by atoms with Crippen molar-refractivity contribution in [3.8, 4) is 0 Å². The number of nitrogens with zero attached hydrogens (tertiary/aromatic N) is 1. The maximum atomic E-state index is 6.03. The molecule has 0 amide bonds. The lowest BCUT2D eigenvalue weighted by molar-refractivity contribution is 0.657. The van der Waals surface area contributed by atoms with E-state index in [2.05, 4.69) is 28.5 Å². The first-order chi connectivity index (χ1) is 6.74. The highest BCUT2D eigenvalue weighted by molar-refractivity contribution is 6.34. The summed E-state index contributed by atoms with van der Waals surface area (Å²) in [5.41, 5.74) is 2.08. The Morgan fingerprint density at radius 3 is 3.00 bits per heavy atom. The zero-order valence-electron chi connectivity index (χ0n) is 8.13. The fraction of sp³-hybridized carbons (Fsp3) is 0.300. The topological polar surface area (TPSA) is 40.7 Å². The molecular weight excluding hydrogens is 198 g/mol. The number of halogens is 1. The molecule has 0 aliphatic rings. The summed E-state index contributed by atoms with van der Waals surface area (Å²) in [4.78, 5) is 0. The van der Waals surface area contributed by atoms with E-state index in [0.717, 1.165) is 10.9 Å². The summed E-state index contributed by atoms with van der Waals surface area (Å²) in [6.45, 7) is 2.10. The number of aromatic nitrogens is 2. The predicted molar refractivity (Wildman–Crippen MR) is 58.6 cm³/mol. The van der Waals surface area contributed by atoms with Crippen LogP contribution in [0.4, 0.5) is 0 Å². The van der Waals surface area contributed by atoms with E-state index >= 15 is 0 Å². The van der Waals surface area contributed by atoms with Gasteiger partial charge < -0.3 is 5.32 Å². The van der Waals surface area contributed by atoms with E-state index in [1.807, 2.05) is 19.2 Å². The highest BCUT2D eigenvalue weighted by Gasteiger charge is 2.11. The van der Waals surface area contributed by atoms with Gasteiger partial charge in [0, 0.05) is 11.4 Å². The molecule has 0 spiro atoms. The van der Waals surface area contributed by atoms with E-state index in [9.17, 15) is 0 Å². The molecule has 0 bridgehead atoms. The monoisotopic (exact) mass is 209 g/mol. The number of aromatic amines is 1. The molecule has 0 saturated heterocycles. The van der Waals surface area contributed by atoms with Crippen molar-refractivity contribution >= 4 is 22.5 Å². The number of H-pyrrole nitrogens is 1. The average molecular weight is 210 g/mol. The molecule has 74 valence electrons. The van der Waals surface area contributed by atoms with Crippen molar-refractivity contribution in [3.63, 3.8) is 0 Å². The number of benzene rings is 1. The Morgan fingerprint density at radius 1 is 1.50 bits per heavy atom. The van der Waals surface area contributed by atoms with Gasteiger partial charge in [0.25, 0.3) is 0 Å². The van der Waals surface area contributed by atoms with E-state index in [4.69, 9.17) is 11.6 Å². The molecule has 1 unspecified atom stereocenters. The van der Waals surface area contributed by atoms with Crippen LogP contribution in [0.3, 0.4) is 0 Å². The van der Waals surface area contributed by atoms with Crippen LogP contribution in [0.25, 0.3) is 10.9 Å². The van der Waals surface area contributed by atoms with Crippen molar-refractivity contribution in [3.05, 3.63) is 28.9 Å². The van der Waals surface area contributed by atoms with E-state index < -0.39 is 0 Å². The Labute approximate surface area is 87.5 Å². The molecule has 1 aromatic heterocycles. The fourth-order valence-corrected chi connectivity index (χ4v) is 1.82. The van der Waals surface area contributed by atoms with Crippen molar-refractivity contribution in [1.29, 1.82) is 0 Å². The number of nitrogens with one attached hydrogen (secondary N) is 2. The third-order valence-corrected chi connectivity index (χ3v) is 2.74. The Kier molecular flexibility index (Phi) is 2.44. The summed E-state index contributed by atoms with van der Waals surface area (Å²) < 4.78 is 0. The predicted octanol–water partition coefficient (Wildman–Crippen LogP) is 2.50. The highest BCUT2D eigenvalue weighted by Crippen LogP contribution is 2.28. The lowest BCUT2D eigenvalue weighted by atomic mass is 10.0. The Balaban J connectivity index is 2.69. The summed E-state index contributed by atoms with van der Waals surface area (Å²) in [6.07, 6.45) is 0. The molecule has 4 heteroatoms. The first kappa shape index (κ1) is 9.49. The van der Waals surface area contributed by atoms with Gasteiger partial charge in [0.15, 0.2) is 0 Å². The van der Waals surface area contributed by atoms with Gasteiger partial charge in [-0.25, -0.2) is 0 Å². The average Bonchev–Trinajstić information content (AvgIpc) is 2.59. The number of hydrogen-bond donors (Lipinski definition) is 2. The third-order valence-electron chi connectivity index (χ3n) is 2.47. The minimum absolute atomic E-state index is 0.272. The molecule has 0 aliphatic heterocycles. The molecule has 0 fully saturated rings. The molecule has 2 aromatic rings. The molecule has 0 radical (unpaired) electrons. The van der Waals surface area contributed by atoms with E-state index in [0.29, 0.717) is 5.15 Å². The molecule has 1 atom stereocenters. The van der Waals surface area contributed by atoms with Gasteiger partial charge in [-0.3, -0.25) is 5.10 Å². The van der Waals surface area contributed by atoms with E-state index in [1.165, 1.54) is 5.56 Å². The molecule has 14 heavy (non-hydrogen) atoms. The maximum Gasteiger partial charge on any atom is 0.132 e. The molecular formula is C10H12ClN3. The van der Waals surface area contributed by atoms with E-state index in [-0.39, 0.29) is 6.04 Å². The zero-order chi connectivity index (χ0) is 10.1. The normalized spacial score (nSPS) is 13.4. The van der Waals surface area contributed by atoms with Crippen LogP contribution < -0.4 is 5.32 Å². The second-order valence-electron chi connectivity index (χ2n) is 3.29. The molecule has 1 aromatic carbocycles. The van der Waals surface area contributed by atoms with Crippen LogP contribution in [0.15, 0.2) is 18.2 Å². The van der Waals surface area contributed by atoms with E-state index in [1.54, 1.807) is 0 Å². The number of fused-ring (bicyclic) bond motifs is 1. The van der Waals surface area contributed by atoms with Gasteiger partial charge in [-0.15, -0.1) is 0 Å². The number of hydrogen-bond acceptors (Lipinski definition) is 2. The van der Waals surface area contributed by atoms with Crippen LogP contribution in [0, 0.1) is 0 Å². The number of rotatable bonds is 2. The van der Waals surface area contributed by atoms with Crippen molar-refractivity contribution < 1.29 is 0 Å². The van der Waals surface area contributed by atoms with Crippen LogP contribution in [-0.4, -0.2) is 17.2 Å². The van der Waals surface area contributed by atoms with Crippen molar-refractivity contribution in [2.24, 2.45) is 0 Å². The van der Waals surface area contributed by atoms with Gasteiger partial charge in [0.1, 0.15) is 5.15 Å². The molecule has 3 nitrogen and oxygen atoms in total. The first-order valence-electron chi connectivity index (χ1n) is 4.53. The second kappa shape index (κ2) is 3.59. The Bertz CT molecular complexity index is 450. The highest BCUT2D eigenvalue weighted by atomic mass is 35.5. The molecule has 0 saturated carbocycles. The summed E-state index contributed by atoms with van der Waals surface area (Å²) in [5.74, 6) is 0. The lowest BCUT2D eigenvalue weighted by Gasteiger charge is -2.11. The summed E-state index contributed by atoms with van der Waals surface area (Å²) >= 11 is 6.03. The third kappa shape index (κ3) is 1.38. The van der Waals surface area contributed by atoms with Gasteiger partial charge in [0.05, 0.1) is 5.52 Å². The smallest absolute Gasteiger partial charge is 0.132 e. The second-order valence-corrected chi connectivity index (χ2v) is 3.67. The quantitative estimate of drug-likeness (QED) is 0.798. The fourth-order valence-electron chi connectivity index (χ4n) is 1.57. The van der Waals surface area contributed by atoms with Gasteiger partial charge in [0.2, 0.25) is 0 Å². The van der Waals surface area contributed by atoms with Gasteiger partial charge in [-0.05, 0) is 25.6 Å². The molecule has 2 rings (SSSR count). The lowest BCUT2D eigenvalue weighted by Crippen LogP contribution is -2.12. The molecule has 2 N–H and O–H groups in total. The van der Waals surface area contributed by atoms with Crippen LogP contribution in [0.1, 0.15) is 18.5 Å². The summed E-state index contributed by atoms with van der Waals surface area (Å²) in [5, 5.41) is 11.7. The standard InChI is InChI=1S/C10H12ClN3/c1-6(12-2)7-4-3-5-8-9(7)10(11)14-13-8/h3-6,12H,1-2H3,(H,13,14). The summed E-state index contributed by atoms with van der Waals surface area (Å²) in [6, 6.07) is 6.27. The minimum Gasteiger partial charge on any atom is -0.313 e. The van der Waals surface area contributed by atoms with Gasteiger partial charge in [-0.2, -0.15) is 5.10 Å². The van der Waals surface area contributed by atoms with Crippen molar-refractivity contribution in [2.45, 2.75) is 13.0 Å². The summed E-state index contributed by atoms with van der Waals surface area (Å²) in [7, 11) is 1.93. The van der Waals surface area contributed by atoms with Crippen LogP contribution in [0.2, 0.25) is 5.15 Å². The van der Waals surface area contributed by atoms with Crippen LogP contribution in [-0.2, 0) is 0 Å². The molecule has 0 aliphatic carbocycles. The van der Waals surface area contributed by atoms with Gasteiger partial charge in [-0.1, -0.05) is 23.7 Å².